The molecule has 4 heterocycles. The lowest BCUT2D eigenvalue weighted by atomic mass is 10.1. The Morgan fingerprint density at radius 3 is 2.86 bits per heavy atom. The number of aromatic nitrogens is 2. The van der Waals surface area contributed by atoms with Crippen LogP contribution in [0.4, 0.5) is 5.82 Å². The summed E-state index contributed by atoms with van der Waals surface area (Å²) < 4.78 is 26.8. The van der Waals surface area contributed by atoms with Gasteiger partial charge in [0.05, 0.1) is 22.8 Å². The molecule has 1 aliphatic rings. The van der Waals surface area contributed by atoms with Gasteiger partial charge in [-0.05, 0) is 24.1 Å². The summed E-state index contributed by atoms with van der Waals surface area (Å²) in [6.45, 7) is 0.665. The van der Waals surface area contributed by atoms with Gasteiger partial charge < -0.3 is 10.6 Å². The summed E-state index contributed by atoms with van der Waals surface area (Å²) in [7, 11) is -2.36. The smallest absolute Gasteiger partial charge is 0.252 e. The van der Waals surface area contributed by atoms with E-state index < -0.39 is 10.0 Å². The van der Waals surface area contributed by atoms with Crippen LogP contribution >= 0.6 is 34.3 Å². The normalized spacial score (nSPS) is 14.6. The van der Waals surface area contributed by atoms with Crippen LogP contribution in [-0.2, 0) is 27.8 Å². The molecule has 4 rings (SSSR count). The number of sulfonamides is 1. The van der Waals surface area contributed by atoms with Crippen molar-refractivity contribution in [3.63, 3.8) is 0 Å². The summed E-state index contributed by atoms with van der Waals surface area (Å²) in [6.07, 6.45) is 2.06. The molecular formula is C16H16ClN5O3S3. The van der Waals surface area contributed by atoms with Crippen LogP contribution in [0.25, 0.3) is 10.2 Å². The lowest BCUT2D eigenvalue weighted by Gasteiger charge is -2.28. The molecule has 12 heteroatoms. The Kier molecular flexibility index (Phi) is 5.04. The van der Waals surface area contributed by atoms with Crippen LogP contribution in [0.5, 0.6) is 0 Å². The number of anilines is 1. The maximum atomic E-state index is 12.7. The summed E-state index contributed by atoms with van der Waals surface area (Å²) in [6, 6.07) is 2.97. The number of thiophene rings is 2. The fraction of sp³-hybridized carbons (Fsp3) is 0.312. The molecule has 0 bridgehead atoms. The van der Waals surface area contributed by atoms with Crippen molar-refractivity contribution in [3.8, 4) is 0 Å². The van der Waals surface area contributed by atoms with Crippen molar-refractivity contribution in [1.29, 1.82) is 0 Å². The summed E-state index contributed by atoms with van der Waals surface area (Å²) in [5.41, 5.74) is 7.06. The quantitative estimate of drug-likeness (QED) is 0.643. The molecule has 148 valence electrons. The number of nitrogens with zero attached hydrogens (tertiary/aromatic N) is 4. The van der Waals surface area contributed by atoms with Gasteiger partial charge in [0.15, 0.2) is 0 Å². The predicted molar refractivity (Wildman–Crippen MR) is 110 cm³/mol. The van der Waals surface area contributed by atoms with Crippen LogP contribution in [-0.4, -0.2) is 53.6 Å². The minimum Gasteiger partial charge on any atom is -0.383 e. The Hall–Kier alpha value is -1.79. The van der Waals surface area contributed by atoms with Gasteiger partial charge in [-0.25, -0.2) is 18.4 Å². The predicted octanol–water partition coefficient (Wildman–Crippen LogP) is 2.19. The monoisotopic (exact) mass is 457 g/mol. The first kappa shape index (κ1) is 19.5. The zero-order valence-electron chi connectivity index (χ0n) is 14.8. The van der Waals surface area contributed by atoms with E-state index in [0.717, 1.165) is 36.3 Å². The first-order chi connectivity index (χ1) is 13.3. The minimum atomic E-state index is -3.75. The molecule has 0 spiro atoms. The van der Waals surface area contributed by atoms with Gasteiger partial charge in [-0.15, -0.1) is 22.7 Å². The standard InChI is InChI=1S/C16H16ClN5O3S3/c1-21(28(24,25)13-3-2-11(17)27-13)7-12(23)22-5-4-9-10(6-22)26-16-14(9)15(18)19-8-20-16/h2-3,8H,4-7H2,1H3,(H2,18,19,20). The van der Waals surface area contributed by atoms with Crippen molar-refractivity contribution in [2.24, 2.45) is 0 Å². The maximum absolute atomic E-state index is 12.7. The average molecular weight is 458 g/mol. The van der Waals surface area contributed by atoms with E-state index in [2.05, 4.69) is 9.97 Å². The lowest BCUT2D eigenvalue weighted by Crippen LogP contribution is -2.42. The number of hydrogen-bond donors (Lipinski definition) is 1. The number of rotatable bonds is 4. The van der Waals surface area contributed by atoms with Gasteiger partial charge >= 0.3 is 0 Å². The lowest BCUT2D eigenvalue weighted by molar-refractivity contribution is -0.132. The topological polar surface area (TPSA) is 109 Å². The second-order valence-corrected chi connectivity index (χ2v) is 11.4. The van der Waals surface area contributed by atoms with Crippen LogP contribution in [0.15, 0.2) is 22.7 Å². The highest BCUT2D eigenvalue weighted by molar-refractivity contribution is 7.91. The van der Waals surface area contributed by atoms with Crippen molar-refractivity contribution in [2.75, 3.05) is 25.9 Å². The number of nitrogens with two attached hydrogens (primary N) is 1. The Labute approximate surface area is 174 Å². The van der Waals surface area contributed by atoms with Crippen molar-refractivity contribution >= 4 is 66.2 Å². The number of halogens is 1. The molecule has 1 aliphatic heterocycles. The van der Waals surface area contributed by atoms with Gasteiger partial charge in [0, 0.05) is 18.5 Å². The van der Waals surface area contributed by atoms with Gasteiger partial charge in [-0.2, -0.15) is 4.31 Å². The third kappa shape index (κ3) is 3.37. The number of hydrogen-bond acceptors (Lipinski definition) is 8. The zero-order valence-corrected chi connectivity index (χ0v) is 18.0. The van der Waals surface area contributed by atoms with Crippen molar-refractivity contribution in [1.82, 2.24) is 19.2 Å². The van der Waals surface area contributed by atoms with E-state index in [-0.39, 0.29) is 16.7 Å². The zero-order chi connectivity index (χ0) is 20.1. The molecule has 28 heavy (non-hydrogen) atoms. The van der Waals surface area contributed by atoms with E-state index in [1.165, 1.54) is 36.8 Å². The number of amides is 1. The first-order valence-corrected chi connectivity index (χ1v) is 11.7. The van der Waals surface area contributed by atoms with E-state index in [4.69, 9.17) is 17.3 Å². The van der Waals surface area contributed by atoms with Crippen LogP contribution in [0, 0.1) is 0 Å². The van der Waals surface area contributed by atoms with E-state index in [9.17, 15) is 13.2 Å². The number of carbonyl (C=O) groups excluding carboxylic acids is 1. The molecule has 3 aromatic heterocycles. The van der Waals surface area contributed by atoms with Crippen LogP contribution in [0.1, 0.15) is 10.4 Å². The van der Waals surface area contributed by atoms with Gasteiger partial charge in [-0.1, -0.05) is 11.6 Å². The fourth-order valence-corrected chi connectivity index (χ4v) is 7.16. The molecule has 0 aliphatic carbocycles. The Morgan fingerprint density at radius 2 is 2.14 bits per heavy atom. The Bertz CT molecular complexity index is 1170. The Balaban J connectivity index is 1.51. The van der Waals surface area contributed by atoms with E-state index in [1.807, 2.05) is 0 Å². The summed E-state index contributed by atoms with van der Waals surface area (Å²) in [5, 5.41) is 0.865. The fourth-order valence-electron chi connectivity index (χ4n) is 3.13. The molecule has 3 aromatic rings. The molecule has 0 unspecified atom stereocenters. The molecule has 0 fully saturated rings. The first-order valence-electron chi connectivity index (χ1n) is 8.27. The molecule has 8 nitrogen and oxygen atoms in total. The molecule has 0 atom stereocenters. The van der Waals surface area contributed by atoms with Gasteiger partial charge in [0.25, 0.3) is 10.0 Å². The van der Waals surface area contributed by atoms with E-state index >= 15 is 0 Å². The third-order valence-electron chi connectivity index (χ3n) is 4.59. The highest BCUT2D eigenvalue weighted by Crippen LogP contribution is 2.36. The number of nitrogen functional groups attached to an aromatic ring is 1. The third-order valence-corrected chi connectivity index (χ3v) is 9.22. The van der Waals surface area contributed by atoms with Gasteiger partial charge in [0.1, 0.15) is 21.2 Å². The molecule has 0 radical (unpaired) electrons. The number of likely N-dealkylation sites (N-methyl/N-ethyl adjacent to an activating group) is 1. The van der Waals surface area contributed by atoms with Crippen LogP contribution < -0.4 is 5.73 Å². The highest BCUT2D eigenvalue weighted by Gasteiger charge is 2.30. The average Bonchev–Trinajstić information content (AvgIpc) is 3.25. The second kappa shape index (κ2) is 7.23. The van der Waals surface area contributed by atoms with E-state index in [1.54, 1.807) is 4.90 Å². The van der Waals surface area contributed by atoms with E-state index in [0.29, 0.717) is 29.7 Å². The molecular weight excluding hydrogens is 442 g/mol. The SMILES string of the molecule is CN(CC(=O)N1CCc2c(sc3ncnc(N)c23)C1)S(=O)(=O)c1ccc(Cl)s1. The summed E-state index contributed by atoms with van der Waals surface area (Å²) >= 11 is 8.29. The number of fused-ring (bicyclic) bond motifs is 3. The molecule has 2 N–H and O–H groups in total. The Morgan fingerprint density at radius 1 is 1.36 bits per heavy atom. The molecule has 0 saturated carbocycles. The minimum absolute atomic E-state index is 0.118. The van der Waals surface area contributed by atoms with Crippen molar-refractivity contribution in [3.05, 3.63) is 33.2 Å². The van der Waals surface area contributed by atoms with Crippen molar-refractivity contribution in [2.45, 2.75) is 17.2 Å². The highest BCUT2D eigenvalue weighted by atomic mass is 35.5. The molecule has 0 saturated heterocycles. The van der Waals surface area contributed by atoms with Crippen molar-refractivity contribution < 1.29 is 13.2 Å². The number of carbonyl (C=O) groups is 1. The summed E-state index contributed by atoms with van der Waals surface area (Å²) in [5.74, 6) is 0.193. The maximum Gasteiger partial charge on any atom is 0.252 e. The molecule has 1 amide bonds. The summed E-state index contributed by atoms with van der Waals surface area (Å²) in [4.78, 5) is 24.5. The van der Waals surface area contributed by atoms with Crippen LogP contribution in [0.3, 0.4) is 0 Å². The molecule has 0 aromatic carbocycles. The van der Waals surface area contributed by atoms with Crippen LogP contribution in [0.2, 0.25) is 4.34 Å². The van der Waals surface area contributed by atoms with Gasteiger partial charge in [-0.3, -0.25) is 4.79 Å². The second-order valence-electron chi connectivity index (χ2n) is 6.33. The largest absolute Gasteiger partial charge is 0.383 e. The van der Waals surface area contributed by atoms with Gasteiger partial charge in [0.2, 0.25) is 5.91 Å².